The predicted octanol–water partition coefficient (Wildman–Crippen LogP) is 6.69. The molecule has 0 heterocycles. The van der Waals surface area contributed by atoms with E-state index in [1.807, 2.05) is 0 Å². The Morgan fingerprint density at radius 1 is 0.722 bits per heavy atom. The average Bonchev–Trinajstić information content (AvgIpc) is 2.85. The minimum atomic E-state index is -5.33. The zero-order valence-electron chi connectivity index (χ0n) is 18.5. The molecule has 0 aliphatic rings. The Bertz CT molecular complexity index is 1240. The monoisotopic (exact) mass is 528 g/mol. The van der Waals surface area contributed by atoms with Gasteiger partial charge in [-0.15, -0.1) is 0 Å². The molecule has 1 atom stereocenters. The van der Waals surface area contributed by atoms with Crippen LogP contribution in [0.2, 0.25) is 0 Å². The van der Waals surface area contributed by atoms with Crippen LogP contribution in [-0.2, 0) is 33.1 Å². The lowest BCUT2D eigenvalue weighted by molar-refractivity contribution is -0.145. The maximum absolute atomic E-state index is 14.0. The van der Waals surface area contributed by atoms with E-state index < -0.39 is 60.3 Å². The van der Waals surface area contributed by atoms with Gasteiger partial charge in [-0.2, -0.15) is 26.3 Å². The number of ether oxygens (including phenoxy) is 1. The van der Waals surface area contributed by atoms with Gasteiger partial charge in [-0.25, -0.2) is 0 Å². The Labute approximate surface area is 202 Å². The zero-order valence-corrected chi connectivity index (χ0v) is 19.4. The van der Waals surface area contributed by atoms with Gasteiger partial charge in [-0.3, -0.25) is 9.59 Å². The summed E-state index contributed by atoms with van der Waals surface area (Å²) in [7, 11) is -4.67. The second-order valence-corrected chi connectivity index (χ2v) is 10.6. The van der Waals surface area contributed by atoms with Crippen molar-refractivity contribution in [2.24, 2.45) is 0 Å². The van der Waals surface area contributed by atoms with E-state index in [1.165, 1.54) is 18.2 Å². The van der Waals surface area contributed by atoms with Gasteiger partial charge in [0.1, 0.15) is 6.61 Å². The highest BCUT2D eigenvalue weighted by atomic mass is 31.2. The molecule has 190 valence electrons. The first-order valence-electron chi connectivity index (χ1n) is 10.5. The summed E-state index contributed by atoms with van der Waals surface area (Å²) in [6.07, 6.45) is -12.1. The summed E-state index contributed by atoms with van der Waals surface area (Å²) in [6.45, 7) is -0.154. The summed E-state index contributed by atoms with van der Waals surface area (Å²) in [4.78, 5) is 25.7. The highest BCUT2D eigenvalue weighted by Crippen LogP contribution is 2.52. The van der Waals surface area contributed by atoms with Crippen molar-refractivity contribution in [1.82, 2.24) is 0 Å². The summed E-state index contributed by atoms with van der Waals surface area (Å²) in [5.41, 5.74) is -6.65. The largest absolute Gasteiger partial charge is 0.461 e. The van der Waals surface area contributed by atoms with Crippen molar-refractivity contribution in [2.75, 3.05) is 6.16 Å². The second kappa shape index (κ2) is 10.7. The number of hydrogen-bond acceptors (Lipinski definition) is 4. The fourth-order valence-corrected chi connectivity index (χ4v) is 5.96. The topological polar surface area (TPSA) is 60.4 Å². The lowest BCUT2D eigenvalue weighted by atomic mass is 10.0. The zero-order chi connectivity index (χ0) is 26.6. The Kier molecular flexibility index (Phi) is 8.09. The third-order valence-corrected chi connectivity index (χ3v) is 8.13. The van der Waals surface area contributed by atoms with Crippen LogP contribution in [-0.4, -0.2) is 17.7 Å². The van der Waals surface area contributed by atoms with Crippen LogP contribution in [0, 0.1) is 0 Å². The summed E-state index contributed by atoms with van der Waals surface area (Å²) in [6, 6.07) is 16.1. The molecule has 0 aliphatic carbocycles. The quantitative estimate of drug-likeness (QED) is 0.186. The molecule has 0 aromatic heterocycles. The number of alkyl halides is 6. The number of esters is 1. The normalized spacial score (nSPS) is 13.6. The van der Waals surface area contributed by atoms with Crippen molar-refractivity contribution in [2.45, 2.75) is 25.4 Å². The van der Waals surface area contributed by atoms with Crippen LogP contribution in [0.1, 0.15) is 33.5 Å². The number of carbonyl (C=O) groups excluding carboxylic acids is 2. The maximum atomic E-state index is 14.0. The molecule has 0 radical (unpaired) electrons. The first-order chi connectivity index (χ1) is 16.8. The van der Waals surface area contributed by atoms with Crippen LogP contribution in [0.4, 0.5) is 26.3 Å². The molecule has 0 saturated carbocycles. The highest BCUT2D eigenvalue weighted by Gasteiger charge is 2.47. The molecule has 0 fully saturated rings. The third kappa shape index (κ3) is 6.23. The molecule has 36 heavy (non-hydrogen) atoms. The summed E-state index contributed by atoms with van der Waals surface area (Å²) in [5, 5.41) is -0.268. The van der Waals surface area contributed by atoms with E-state index in [0.717, 1.165) is 12.1 Å². The number of halogens is 6. The Morgan fingerprint density at radius 2 is 1.22 bits per heavy atom. The number of benzene rings is 3. The van der Waals surface area contributed by atoms with Crippen molar-refractivity contribution in [3.05, 3.63) is 101 Å². The van der Waals surface area contributed by atoms with Crippen molar-refractivity contribution < 1.29 is 45.2 Å². The molecular formula is C25H19F6O4P. The van der Waals surface area contributed by atoms with Gasteiger partial charge >= 0.3 is 18.3 Å². The van der Waals surface area contributed by atoms with Gasteiger partial charge in [0.15, 0.2) is 7.14 Å². The molecule has 0 N–H and O–H groups in total. The van der Waals surface area contributed by atoms with E-state index in [4.69, 9.17) is 4.74 Å². The standard InChI is InChI=1S/C25H19F6O4P/c26-24(27,28)19-12-7-13-20(25(29,30)31)22(19)23(33)36(34,18-10-5-2-6-11-18)15-14-21(32)35-16-17-8-3-1-4-9-17/h1-13H,14-16H2. The Hall–Kier alpha value is -3.39. The molecule has 0 amide bonds. The van der Waals surface area contributed by atoms with Crippen molar-refractivity contribution in [3.63, 3.8) is 0 Å². The fourth-order valence-electron chi connectivity index (χ4n) is 3.51. The van der Waals surface area contributed by atoms with Gasteiger partial charge in [0.2, 0.25) is 5.52 Å². The number of carbonyl (C=O) groups is 2. The Morgan fingerprint density at radius 3 is 1.72 bits per heavy atom. The molecule has 0 saturated heterocycles. The van der Waals surface area contributed by atoms with Crippen LogP contribution < -0.4 is 5.30 Å². The maximum Gasteiger partial charge on any atom is 0.417 e. The molecule has 0 spiro atoms. The molecule has 3 rings (SSSR count). The van der Waals surface area contributed by atoms with Crippen LogP contribution >= 0.6 is 7.14 Å². The fraction of sp³-hybridized carbons (Fsp3) is 0.200. The predicted molar refractivity (Wildman–Crippen MR) is 120 cm³/mol. The molecule has 11 heteroatoms. The molecule has 3 aromatic carbocycles. The van der Waals surface area contributed by atoms with E-state index in [1.54, 1.807) is 30.3 Å². The first-order valence-corrected chi connectivity index (χ1v) is 12.4. The van der Waals surface area contributed by atoms with E-state index in [-0.39, 0.29) is 11.9 Å². The van der Waals surface area contributed by atoms with Crippen LogP contribution in [0.15, 0.2) is 78.9 Å². The number of rotatable bonds is 8. The molecule has 0 aliphatic heterocycles. The molecule has 3 aromatic rings. The summed E-state index contributed by atoms with van der Waals surface area (Å²) in [5.74, 6) is -0.914. The minimum absolute atomic E-state index is 0.154. The van der Waals surface area contributed by atoms with E-state index in [0.29, 0.717) is 23.8 Å². The van der Waals surface area contributed by atoms with E-state index in [9.17, 15) is 40.5 Å². The smallest absolute Gasteiger partial charge is 0.417 e. The summed E-state index contributed by atoms with van der Waals surface area (Å²) < 4.78 is 101. The number of hydrogen-bond donors (Lipinski definition) is 0. The molecule has 0 bridgehead atoms. The van der Waals surface area contributed by atoms with Crippen LogP contribution in [0.25, 0.3) is 0 Å². The third-order valence-electron chi connectivity index (χ3n) is 5.26. The SMILES string of the molecule is O=C(CCP(=O)(C(=O)c1c(C(F)(F)F)cccc1C(F)(F)F)c1ccccc1)OCc1ccccc1. The van der Waals surface area contributed by atoms with E-state index >= 15 is 0 Å². The van der Waals surface area contributed by atoms with Gasteiger partial charge in [0.05, 0.1) is 23.1 Å². The van der Waals surface area contributed by atoms with Crippen LogP contribution in [0.3, 0.4) is 0 Å². The lowest BCUT2D eigenvalue weighted by Crippen LogP contribution is -2.24. The van der Waals surface area contributed by atoms with Gasteiger partial charge in [-0.1, -0.05) is 66.7 Å². The molecular weight excluding hydrogens is 509 g/mol. The van der Waals surface area contributed by atoms with E-state index in [2.05, 4.69) is 0 Å². The van der Waals surface area contributed by atoms with Gasteiger partial charge in [0.25, 0.3) is 0 Å². The first kappa shape index (κ1) is 27.2. The Balaban J connectivity index is 2.01. The average molecular weight is 528 g/mol. The lowest BCUT2D eigenvalue weighted by Gasteiger charge is -2.22. The molecule has 4 nitrogen and oxygen atoms in total. The highest BCUT2D eigenvalue weighted by molar-refractivity contribution is 7.87. The molecule has 1 unspecified atom stereocenters. The van der Waals surface area contributed by atoms with Gasteiger partial charge in [0, 0.05) is 11.5 Å². The minimum Gasteiger partial charge on any atom is -0.461 e. The van der Waals surface area contributed by atoms with Crippen molar-refractivity contribution in [1.29, 1.82) is 0 Å². The van der Waals surface area contributed by atoms with Crippen molar-refractivity contribution >= 4 is 23.9 Å². The van der Waals surface area contributed by atoms with Crippen LogP contribution in [0.5, 0.6) is 0 Å². The van der Waals surface area contributed by atoms with Gasteiger partial charge < -0.3 is 9.30 Å². The van der Waals surface area contributed by atoms with Gasteiger partial charge in [-0.05, 0) is 17.7 Å². The second-order valence-electron chi connectivity index (χ2n) is 7.72. The summed E-state index contributed by atoms with van der Waals surface area (Å²) >= 11 is 0. The van der Waals surface area contributed by atoms with Crippen molar-refractivity contribution in [3.8, 4) is 0 Å².